The maximum atomic E-state index is 9.98. The minimum atomic E-state index is -0.517. The monoisotopic (exact) mass is 161 g/mol. The van der Waals surface area contributed by atoms with Crippen LogP contribution in [0.25, 0.3) is 0 Å². The van der Waals surface area contributed by atoms with E-state index in [0.717, 1.165) is 0 Å². The molecule has 0 spiro atoms. The maximum absolute atomic E-state index is 9.98. The van der Waals surface area contributed by atoms with Crippen LogP contribution in [0, 0.1) is 0 Å². The zero-order valence-electron chi connectivity index (χ0n) is 5.21. The lowest BCUT2D eigenvalue weighted by atomic mass is 10.4. The highest BCUT2D eigenvalue weighted by atomic mass is 16.6. The first kappa shape index (κ1) is 16.5. The van der Waals surface area contributed by atoms with Crippen molar-refractivity contribution in [3.05, 3.63) is 0 Å². The Kier molecular flexibility index (Phi) is 13.5. The number of carbonyl (C=O) groups excluding carboxylic acids is 2. The number of rotatable bonds is 2. The van der Waals surface area contributed by atoms with E-state index in [1.807, 2.05) is 0 Å². The van der Waals surface area contributed by atoms with Crippen molar-refractivity contribution < 1.29 is 18.9 Å². The van der Waals surface area contributed by atoms with E-state index in [4.69, 9.17) is 0 Å². The van der Waals surface area contributed by atoms with Crippen LogP contribution in [0.1, 0.15) is 28.7 Å². The molecule has 0 bridgehead atoms. The predicted molar refractivity (Wildman–Crippen MR) is 42.7 cm³/mol. The van der Waals surface area contributed by atoms with Crippen LogP contribution in [0.4, 0.5) is 0 Å². The molecule has 5 heteroatoms. The fourth-order valence-corrected chi connectivity index (χ4v) is 0.160. The van der Waals surface area contributed by atoms with Crippen molar-refractivity contribution in [2.45, 2.75) is 28.7 Å². The summed E-state index contributed by atoms with van der Waals surface area (Å²) >= 11 is 0. The molecule has 65 valence electrons. The van der Waals surface area contributed by atoms with Gasteiger partial charge in [-0.1, -0.05) is 14.9 Å². The minimum Gasteiger partial charge on any atom is -0.500 e. The van der Waals surface area contributed by atoms with E-state index in [1.165, 1.54) is 13.8 Å². The van der Waals surface area contributed by atoms with Crippen LogP contribution in [-0.2, 0) is 18.9 Å². The van der Waals surface area contributed by atoms with Gasteiger partial charge in [-0.3, -0.25) is 9.59 Å². The van der Waals surface area contributed by atoms with E-state index in [1.54, 1.807) is 0 Å². The van der Waals surface area contributed by atoms with Crippen LogP contribution < -0.4 is 0 Å². The van der Waals surface area contributed by atoms with Crippen LogP contribution in [-0.4, -0.2) is 19.6 Å². The first-order valence-electron chi connectivity index (χ1n) is 2.29. The van der Waals surface area contributed by atoms with E-state index >= 15 is 0 Å². The van der Waals surface area contributed by atoms with Gasteiger partial charge in [0, 0.05) is 13.8 Å². The van der Waals surface area contributed by atoms with Gasteiger partial charge in [-0.15, -0.1) is 0 Å². The third-order valence-corrected chi connectivity index (χ3v) is 0.428. The largest absolute Gasteiger partial charge is 0.662 e. The van der Waals surface area contributed by atoms with Crippen LogP contribution in [0.3, 0.4) is 0 Å². The molecule has 0 rings (SSSR count). The van der Waals surface area contributed by atoms with Crippen molar-refractivity contribution in [3.63, 3.8) is 0 Å². The molecule has 0 fully saturated rings. The third-order valence-electron chi connectivity index (χ3n) is 0.428. The Labute approximate surface area is 68.2 Å². The average molecular weight is 161 g/mol. The first-order chi connectivity index (χ1) is 4.13. The molecular formula is C6H14BO4. The molecule has 0 unspecified atom stereocenters. The molecule has 1 radical (unpaired) electrons. The van der Waals surface area contributed by atoms with Crippen molar-refractivity contribution in [1.29, 1.82) is 0 Å². The first-order valence-corrected chi connectivity index (χ1v) is 2.29. The maximum Gasteiger partial charge on any atom is 0.662 e. The Hall–Kier alpha value is -0.995. The van der Waals surface area contributed by atoms with Crippen LogP contribution in [0.2, 0.25) is 0 Å². The van der Waals surface area contributed by atoms with Crippen LogP contribution >= 0.6 is 0 Å². The second-order valence-electron chi connectivity index (χ2n) is 1.32. The highest BCUT2D eigenvalue weighted by Crippen LogP contribution is 1.75. The van der Waals surface area contributed by atoms with Crippen molar-refractivity contribution in [3.8, 4) is 0 Å². The van der Waals surface area contributed by atoms with Crippen molar-refractivity contribution in [2.24, 2.45) is 0 Å². The Morgan fingerprint density at radius 1 is 1.00 bits per heavy atom. The highest BCUT2D eigenvalue weighted by molar-refractivity contribution is 6.25. The minimum absolute atomic E-state index is 0. The van der Waals surface area contributed by atoms with Gasteiger partial charge in [0.05, 0.1) is 0 Å². The second kappa shape index (κ2) is 9.00. The Bertz CT molecular complexity index is 110. The summed E-state index contributed by atoms with van der Waals surface area (Å²) in [5.41, 5.74) is 0. The summed E-state index contributed by atoms with van der Waals surface area (Å²) < 4.78 is 8.29. The molecule has 0 aliphatic heterocycles. The summed E-state index contributed by atoms with van der Waals surface area (Å²) in [6.07, 6.45) is 0. The fourth-order valence-electron chi connectivity index (χ4n) is 0.160. The normalized spacial score (nSPS) is 6.36. The number of carbonyl (C=O) groups is 2. The Morgan fingerprint density at radius 3 is 1.45 bits per heavy atom. The van der Waals surface area contributed by atoms with Gasteiger partial charge in [0.15, 0.2) is 0 Å². The van der Waals surface area contributed by atoms with Gasteiger partial charge in [0.1, 0.15) is 0 Å². The van der Waals surface area contributed by atoms with Gasteiger partial charge in [-0.25, -0.2) is 0 Å². The molecule has 0 atom stereocenters. The van der Waals surface area contributed by atoms with E-state index < -0.39 is 11.9 Å². The van der Waals surface area contributed by atoms with Gasteiger partial charge in [-0.2, -0.15) is 0 Å². The Balaban J connectivity index is -0.000000320. The molecule has 11 heavy (non-hydrogen) atoms. The number of hydrogen-bond acceptors (Lipinski definition) is 4. The molecule has 0 amide bonds. The van der Waals surface area contributed by atoms with Crippen molar-refractivity contribution in [1.82, 2.24) is 0 Å². The summed E-state index contributed by atoms with van der Waals surface area (Å²) in [5.74, 6) is -1.03. The third kappa shape index (κ3) is 17.6. The average Bonchev–Trinajstić information content (AvgIpc) is 1.63. The summed E-state index contributed by atoms with van der Waals surface area (Å²) in [6, 6.07) is 0. The summed E-state index contributed by atoms with van der Waals surface area (Å²) in [6.45, 7) is 2.42. The molecule has 0 N–H and O–H groups in total. The highest BCUT2D eigenvalue weighted by Gasteiger charge is 2.01. The zero-order chi connectivity index (χ0) is 7.28. The van der Waals surface area contributed by atoms with Gasteiger partial charge in [0.25, 0.3) is 11.9 Å². The van der Waals surface area contributed by atoms with Gasteiger partial charge < -0.3 is 9.31 Å². The lowest BCUT2D eigenvalue weighted by molar-refractivity contribution is -0.136. The van der Waals surface area contributed by atoms with E-state index in [0.29, 0.717) is 7.69 Å². The Morgan fingerprint density at radius 2 is 1.27 bits per heavy atom. The second-order valence-corrected chi connectivity index (χ2v) is 1.32. The molecule has 0 aromatic carbocycles. The standard InChI is InChI=1S/C4H6BO4.2CH4/c1-3(6)8-5-9-4(2)7;;/h1-2H3;2*1H4. The zero-order valence-corrected chi connectivity index (χ0v) is 5.21. The molecular weight excluding hydrogens is 147 g/mol. The molecule has 0 aliphatic carbocycles. The van der Waals surface area contributed by atoms with E-state index in [9.17, 15) is 9.59 Å². The van der Waals surface area contributed by atoms with E-state index in [-0.39, 0.29) is 14.9 Å². The topological polar surface area (TPSA) is 52.6 Å². The van der Waals surface area contributed by atoms with Gasteiger partial charge in [0.2, 0.25) is 0 Å². The van der Waals surface area contributed by atoms with E-state index in [2.05, 4.69) is 9.31 Å². The molecule has 0 saturated heterocycles. The quantitative estimate of drug-likeness (QED) is 0.565. The van der Waals surface area contributed by atoms with Crippen molar-refractivity contribution >= 4 is 19.6 Å². The summed E-state index contributed by atoms with van der Waals surface area (Å²) in [7, 11) is 0.699. The van der Waals surface area contributed by atoms with Crippen LogP contribution in [0.5, 0.6) is 0 Å². The smallest absolute Gasteiger partial charge is 0.500 e. The summed E-state index contributed by atoms with van der Waals surface area (Å²) in [4.78, 5) is 20.0. The predicted octanol–water partition coefficient (Wildman–Crippen LogP) is 0.919. The van der Waals surface area contributed by atoms with Gasteiger partial charge in [-0.05, 0) is 0 Å². The lowest BCUT2D eigenvalue weighted by Crippen LogP contribution is -2.11. The van der Waals surface area contributed by atoms with Crippen LogP contribution in [0.15, 0.2) is 0 Å². The molecule has 4 nitrogen and oxygen atoms in total. The molecule has 0 aliphatic rings. The molecule has 0 heterocycles. The summed E-state index contributed by atoms with van der Waals surface area (Å²) in [5, 5.41) is 0. The lowest BCUT2D eigenvalue weighted by Gasteiger charge is -1.95. The SMILES string of the molecule is C.C.CC(=O)O[B]OC(C)=O. The number of hydrogen-bond donors (Lipinski definition) is 0. The molecule has 0 saturated carbocycles. The fraction of sp³-hybridized carbons (Fsp3) is 0.667. The molecule has 0 aromatic rings. The van der Waals surface area contributed by atoms with Crippen molar-refractivity contribution in [2.75, 3.05) is 0 Å². The van der Waals surface area contributed by atoms with Gasteiger partial charge >= 0.3 is 7.69 Å². The molecule has 0 aromatic heterocycles.